The standard InChI is InChI=1S/C27H28N2O7/c1-17-5-6-19(13-23(17)29(31)32)27(30)28-12-11-18-14-25(34-3)26(35-4)15-22(18)24(28)16-36-21-9-7-20(33-2)8-10-21/h5-10,13-15,24H,11-12,16H2,1-4H3/t24-/m1/s1. The van der Waals surface area contributed by atoms with E-state index in [4.69, 9.17) is 18.9 Å². The summed E-state index contributed by atoms with van der Waals surface area (Å²) in [4.78, 5) is 26.3. The Kier molecular flexibility index (Phi) is 7.28. The van der Waals surface area contributed by atoms with Crippen molar-refractivity contribution in [3.8, 4) is 23.0 Å². The van der Waals surface area contributed by atoms with Crippen LogP contribution >= 0.6 is 0 Å². The maximum atomic E-state index is 13.7. The number of rotatable bonds is 8. The number of ether oxygens (including phenoxy) is 4. The van der Waals surface area contributed by atoms with Gasteiger partial charge in [0.2, 0.25) is 0 Å². The van der Waals surface area contributed by atoms with Crippen molar-refractivity contribution >= 4 is 11.6 Å². The average molecular weight is 493 g/mol. The molecular weight excluding hydrogens is 464 g/mol. The van der Waals surface area contributed by atoms with Crippen molar-refractivity contribution in [2.45, 2.75) is 19.4 Å². The van der Waals surface area contributed by atoms with Crippen LogP contribution in [-0.4, -0.2) is 50.2 Å². The van der Waals surface area contributed by atoms with Crippen LogP contribution in [0.25, 0.3) is 0 Å². The van der Waals surface area contributed by atoms with Crippen molar-refractivity contribution in [3.05, 3.63) is 87.0 Å². The number of nitrogens with zero attached hydrogens (tertiary/aromatic N) is 2. The molecule has 0 saturated heterocycles. The van der Waals surface area contributed by atoms with E-state index in [1.165, 1.54) is 6.07 Å². The van der Waals surface area contributed by atoms with Gasteiger partial charge in [-0.25, -0.2) is 0 Å². The van der Waals surface area contributed by atoms with Crippen molar-refractivity contribution in [2.24, 2.45) is 0 Å². The van der Waals surface area contributed by atoms with Crippen LogP contribution in [0.1, 0.15) is 33.1 Å². The van der Waals surface area contributed by atoms with Crippen LogP contribution in [0.2, 0.25) is 0 Å². The van der Waals surface area contributed by atoms with Crippen LogP contribution in [0.4, 0.5) is 5.69 Å². The van der Waals surface area contributed by atoms with Gasteiger partial charge in [0.05, 0.1) is 32.3 Å². The Morgan fingerprint density at radius 2 is 1.64 bits per heavy atom. The number of amides is 1. The summed E-state index contributed by atoms with van der Waals surface area (Å²) in [7, 11) is 4.73. The molecule has 1 amide bonds. The Morgan fingerprint density at radius 3 is 2.28 bits per heavy atom. The fourth-order valence-electron chi connectivity index (χ4n) is 4.40. The van der Waals surface area contributed by atoms with E-state index >= 15 is 0 Å². The molecule has 0 aromatic heterocycles. The van der Waals surface area contributed by atoms with Crippen LogP contribution in [0.15, 0.2) is 54.6 Å². The minimum absolute atomic E-state index is 0.0873. The fourth-order valence-corrected chi connectivity index (χ4v) is 4.40. The number of aryl methyl sites for hydroxylation is 1. The molecule has 0 aliphatic carbocycles. The molecular formula is C27H28N2O7. The van der Waals surface area contributed by atoms with E-state index in [1.807, 2.05) is 12.1 Å². The van der Waals surface area contributed by atoms with Crippen LogP contribution in [0.3, 0.4) is 0 Å². The van der Waals surface area contributed by atoms with E-state index in [-0.39, 0.29) is 23.8 Å². The molecule has 0 saturated carbocycles. The predicted octanol–water partition coefficient (Wildman–Crippen LogP) is 4.75. The molecule has 188 valence electrons. The summed E-state index contributed by atoms with van der Waals surface area (Å²) in [5, 5.41) is 11.5. The highest BCUT2D eigenvalue weighted by Crippen LogP contribution is 2.39. The molecule has 0 bridgehead atoms. The predicted molar refractivity (Wildman–Crippen MR) is 133 cm³/mol. The molecule has 0 radical (unpaired) electrons. The molecule has 1 atom stereocenters. The van der Waals surface area contributed by atoms with Gasteiger partial charge in [-0.15, -0.1) is 0 Å². The zero-order valence-electron chi connectivity index (χ0n) is 20.6. The third-order valence-corrected chi connectivity index (χ3v) is 6.38. The third kappa shape index (κ3) is 4.91. The van der Waals surface area contributed by atoms with Crippen molar-refractivity contribution < 1.29 is 28.7 Å². The molecule has 0 spiro atoms. The summed E-state index contributed by atoms with van der Waals surface area (Å²) in [5.74, 6) is 2.19. The monoisotopic (exact) mass is 492 g/mol. The number of methoxy groups -OCH3 is 3. The van der Waals surface area contributed by atoms with Crippen molar-refractivity contribution in [3.63, 3.8) is 0 Å². The molecule has 1 heterocycles. The van der Waals surface area contributed by atoms with Gasteiger partial charge in [0.1, 0.15) is 18.1 Å². The second-order valence-corrected chi connectivity index (χ2v) is 8.42. The first-order chi connectivity index (χ1) is 17.4. The van der Waals surface area contributed by atoms with Gasteiger partial charge in [0, 0.05) is 23.7 Å². The first-order valence-electron chi connectivity index (χ1n) is 11.4. The minimum Gasteiger partial charge on any atom is -0.497 e. The van der Waals surface area contributed by atoms with Crippen molar-refractivity contribution in [2.75, 3.05) is 34.5 Å². The first kappa shape index (κ1) is 24.8. The van der Waals surface area contributed by atoms with Crippen molar-refractivity contribution in [1.82, 2.24) is 4.90 Å². The topological polar surface area (TPSA) is 100 Å². The van der Waals surface area contributed by atoms with Gasteiger partial charge >= 0.3 is 0 Å². The van der Waals surface area contributed by atoms with Crippen LogP contribution in [-0.2, 0) is 6.42 Å². The zero-order valence-corrected chi connectivity index (χ0v) is 20.6. The number of nitro benzene ring substituents is 1. The highest BCUT2D eigenvalue weighted by Gasteiger charge is 2.34. The molecule has 1 aliphatic heterocycles. The quantitative estimate of drug-likeness (QED) is 0.330. The lowest BCUT2D eigenvalue weighted by Gasteiger charge is -2.37. The van der Waals surface area contributed by atoms with Gasteiger partial charge in [-0.3, -0.25) is 14.9 Å². The van der Waals surface area contributed by atoms with Gasteiger partial charge in [-0.2, -0.15) is 0 Å². The summed E-state index contributed by atoms with van der Waals surface area (Å²) in [6, 6.07) is 15.1. The molecule has 0 N–H and O–H groups in total. The number of hydrogen-bond donors (Lipinski definition) is 0. The lowest BCUT2D eigenvalue weighted by Crippen LogP contribution is -2.42. The Bertz CT molecular complexity index is 1270. The number of hydrogen-bond acceptors (Lipinski definition) is 7. The van der Waals surface area contributed by atoms with Crippen LogP contribution in [0, 0.1) is 17.0 Å². The Morgan fingerprint density at radius 1 is 0.972 bits per heavy atom. The molecule has 0 unspecified atom stereocenters. The molecule has 1 aliphatic rings. The number of carbonyl (C=O) groups excluding carboxylic acids is 1. The summed E-state index contributed by atoms with van der Waals surface area (Å²) >= 11 is 0. The van der Waals surface area contributed by atoms with E-state index in [9.17, 15) is 14.9 Å². The van der Waals surface area contributed by atoms with Gasteiger partial charge < -0.3 is 23.8 Å². The Labute approximate surface area is 209 Å². The summed E-state index contributed by atoms with van der Waals surface area (Å²) in [5.41, 5.74) is 2.57. The molecule has 36 heavy (non-hydrogen) atoms. The summed E-state index contributed by atoms with van der Waals surface area (Å²) < 4.78 is 22.3. The second kappa shape index (κ2) is 10.6. The second-order valence-electron chi connectivity index (χ2n) is 8.42. The smallest absolute Gasteiger partial charge is 0.273 e. The highest BCUT2D eigenvalue weighted by atomic mass is 16.6. The van der Waals surface area contributed by atoms with Gasteiger partial charge in [0.25, 0.3) is 11.6 Å². The SMILES string of the molecule is COc1ccc(OC[C@@H]2c3cc(OC)c(OC)cc3CCN2C(=O)c2ccc(C)c([N+](=O)[O-])c2)cc1. The van der Waals surface area contributed by atoms with E-state index in [0.29, 0.717) is 41.5 Å². The normalized spacial score (nSPS) is 14.6. The summed E-state index contributed by atoms with van der Waals surface area (Å²) in [6.07, 6.45) is 0.592. The summed E-state index contributed by atoms with van der Waals surface area (Å²) in [6.45, 7) is 2.24. The third-order valence-electron chi connectivity index (χ3n) is 6.38. The van der Waals surface area contributed by atoms with E-state index in [1.54, 1.807) is 69.6 Å². The molecule has 4 rings (SSSR count). The maximum Gasteiger partial charge on any atom is 0.273 e. The number of carbonyl (C=O) groups is 1. The molecule has 3 aromatic rings. The van der Waals surface area contributed by atoms with Crippen LogP contribution < -0.4 is 18.9 Å². The first-order valence-corrected chi connectivity index (χ1v) is 11.4. The minimum atomic E-state index is -0.473. The van der Waals surface area contributed by atoms with Gasteiger partial charge in [-0.05, 0) is 66.9 Å². The number of benzene rings is 3. The Balaban J connectivity index is 1.71. The number of fused-ring (bicyclic) bond motifs is 1. The molecule has 9 heteroatoms. The van der Waals surface area contributed by atoms with E-state index in [2.05, 4.69) is 0 Å². The lowest BCUT2D eigenvalue weighted by molar-refractivity contribution is -0.385. The van der Waals surface area contributed by atoms with Gasteiger partial charge in [0.15, 0.2) is 11.5 Å². The average Bonchev–Trinajstić information content (AvgIpc) is 2.90. The fraction of sp³-hybridized carbons (Fsp3) is 0.296. The highest BCUT2D eigenvalue weighted by molar-refractivity contribution is 5.95. The maximum absolute atomic E-state index is 13.7. The van der Waals surface area contributed by atoms with Crippen LogP contribution in [0.5, 0.6) is 23.0 Å². The molecule has 9 nitrogen and oxygen atoms in total. The van der Waals surface area contributed by atoms with Crippen molar-refractivity contribution in [1.29, 1.82) is 0 Å². The van der Waals surface area contributed by atoms with E-state index < -0.39 is 11.0 Å². The largest absolute Gasteiger partial charge is 0.497 e. The van der Waals surface area contributed by atoms with Gasteiger partial charge in [-0.1, -0.05) is 6.07 Å². The van der Waals surface area contributed by atoms with E-state index in [0.717, 1.165) is 11.1 Å². The number of nitro groups is 1. The molecule has 3 aromatic carbocycles. The molecule has 0 fully saturated rings. The zero-order chi connectivity index (χ0) is 25.8. The lowest BCUT2D eigenvalue weighted by atomic mass is 9.91. The Hall–Kier alpha value is -4.27.